The summed E-state index contributed by atoms with van der Waals surface area (Å²) in [5.74, 6) is -1.85. The summed E-state index contributed by atoms with van der Waals surface area (Å²) >= 11 is 0. The van der Waals surface area contributed by atoms with Crippen molar-refractivity contribution in [3.8, 4) is 11.3 Å². The van der Waals surface area contributed by atoms with Gasteiger partial charge in [0.15, 0.2) is 5.82 Å². The molecule has 0 radical (unpaired) electrons. The molecule has 0 saturated carbocycles. The largest absolute Gasteiger partial charge is 0.479 e. The number of aromatic nitrogens is 6. The Labute approximate surface area is 306 Å². The number of carbonyl (C=O) groups is 2. The van der Waals surface area contributed by atoms with E-state index >= 15 is 0 Å². The second-order valence-corrected chi connectivity index (χ2v) is 13.3. The third kappa shape index (κ3) is 6.75. The van der Waals surface area contributed by atoms with Gasteiger partial charge in [0.25, 0.3) is 0 Å². The highest BCUT2D eigenvalue weighted by molar-refractivity contribution is 6.15. The third-order valence-electron chi connectivity index (χ3n) is 9.26. The summed E-state index contributed by atoms with van der Waals surface area (Å²) in [5.41, 5.74) is 0.765. The van der Waals surface area contributed by atoms with Crippen molar-refractivity contribution in [2.24, 2.45) is 4.99 Å². The number of H-pyrrole nitrogens is 2. The Kier molecular flexibility index (Phi) is 9.75. The Morgan fingerprint density at radius 3 is 2.20 bits per heavy atom. The molecule has 1 unspecified atom stereocenters. The second kappa shape index (κ2) is 14.1. The molecule has 0 aliphatic carbocycles. The number of nitrogens with one attached hydrogen (secondary N) is 3. The number of rotatable bonds is 7. The van der Waals surface area contributed by atoms with E-state index in [0.29, 0.717) is 28.2 Å². The molecule has 5 N–H and O–H groups in total. The number of halogens is 3. The molecule has 14 nitrogen and oxygen atoms in total. The molecule has 54 heavy (non-hydrogen) atoms. The molecule has 0 saturated heterocycles. The van der Waals surface area contributed by atoms with Crippen LogP contribution in [0.3, 0.4) is 0 Å². The van der Waals surface area contributed by atoms with Crippen LogP contribution in [-0.4, -0.2) is 89.4 Å². The Bertz CT molecular complexity index is 2400. The minimum atomic E-state index is -4.81. The molecule has 0 bridgehead atoms. The summed E-state index contributed by atoms with van der Waals surface area (Å²) in [7, 11) is 3.55. The number of hydrogen-bond acceptors (Lipinski definition) is 10. The molecule has 1 aliphatic heterocycles. The normalized spacial score (nSPS) is 15.4. The fourth-order valence-electron chi connectivity index (χ4n) is 5.91. The van der Waals surface area contributed by atoms with Gasteiger partial charge >= 0.3 is 18.1 Å². The van der Waals surface area contributed by atoms with Gasteiger partial charge in [-0.3, -0.25) is 10.2 Å². The third-order valence-corrected chi connectivity index (χ3v) is 9.26. The lowest BCUT2D eigenvalue weighted by atomic mass is 9.85. The van der Waals surface area contributed by atoms with E-state index in [1.165, 1.54) is 4.90 Å². The molecule has 1 atom stereocenters. The van der Waals surface area contributed by atoms with Crippen LogP contribution in [0, 0.1) is 0 Å². The van der Waals surface area contributed by atoms with Crippen LogP contribution < -0.4 is 10.2 Å². The zero-order valence-corrected chi connectivity index (χ0v) is 30.1. The van der Waals surface area contributed by atoms with Crippen molar-refractivity contribution in [1.29, 1.82) is 0 Å². The molecule has 3 aromatic heterocycles. The first-order chi connectivity index (χ1) is 25.5. The van der Waals surface area contributed by atoms with Gasteiger partial charge in [0.2, 0.25) is 5.54 Å². The molecule has 280 valence electrons. The van der Waals surface area contributed by atoms with Gasteiger partial charge in [-0.1, -0.05) is 18.2 Å². The summed E-state index contributed by atoms with van der Waals surface area (Å²) < 4.78 is 40.5. The first-order valence-electron chi connectivity index (χ1n) is 16.8. The van der Waals surface area contributed by atoms with Crippen molar-refractivity contribution in [1.82, 2.24) is 35.3 Å². The minimum Gasteiger partial charge on any atom is -0.479 e. The molecule has 6 aromatic rings. The van der Waals surface area contributed by atoms with E-state index in [0.717, 1.165) is 28.4 Å². The maximum Gasteiger partial charge on any atom is 0.433 e. The average molecular weight is 743 g/mol. The van der Waals surface area contributed by atoms with E-state index in [4.69, 9.17) is 9.97 Å². The highest BCUT2D eigenvalue weighted by Crippen LogP contribution is 2.44. The highest BCUT2D eigenvalue weighted by Gasteiger charge is 2.55. The SMILES string of the molecule is CC(C)N(C)C1=Nc2ccccc2NC1(C(=O)O)c1cn[nH]c1C(F)(F)F.CC(C)N(C)c1nc2cc(C(=O)O)ccc2nc1-c1ccc2[nH]ncc2c1. The van der Waals surface area contributed by atoms with E-state index in [1.807, 2.05) is 35.2 Å². The van der Waals surface area contributed by atoms with Crippen LogP contribution >= 0.6 is 0 Å². The van der Waals surface area contributed by atoms with Crippen molar-refractivity contribution in [3.63, 3.8) is 0 Å². The summed E-state index contributed by atoms with van der Waals surface area (Å²) in [6, 6.07) is 17.4. The number of benzene rings is 3. The van der Waals surface area contributed by atoms with Crippen LogP contribution in [0.2, 0.25) is 0 Å². The van der Waals surface area contributed by atoms with Crippen molar-refractivity contribution in [2.45, 2.75) is 51.5 Å². The number of fused-ring (bicyclic) bond motifs is 3. The number of nitrogens with zero attached hydrogens (tertiary/aromatic N) is 7. The predicted molar refractivity (Wildman–Crippen MR) is 198 cm³/mol. The summed E-state index contributed by atoms with van der Waals surface area (Å²) in [6.45, 7) is 7.72. The van der Waals surface area contributed by atoms with Gasteiger partial charge in [-0.05, 0) is 70.2 Å². The van der Waals surface area contributed by atoms with Crippen molar-refractivity contribution < 1.29 is 33.0 Å². The average Bonchev–Trinajstić information content (AvgIpc) is 3.83. The van der Waals surface area contributed by atoms with Gasteiger partial charge < -0.3 is 25.3 Å². The summed E-state index contributed by atoms with van der Waals surface area (Å²) in [4.78, 5) is 41.3. The van der Waals surface area contributed by atoms with Crippen molar-refractivity contribution in [3.05, 3.63) is 89.9 Å². The smallest absolute Gasteiger partial charge is 0.433 e. The highest BCUT2D eigenvalue weighted by atomic mass is 19.4. The van der Waals surface area contributed by atoms with E-state index in [-0.39, 0.29) is 23.5 Å². The number of aromatic carboxylic acids is 1. The second-order valence-electron chi connectivity index (χ2n) is 13.3. The fraction of sp³-hybridized carbons (Fsp3) is 0.270. The number of para-hydroxylation sites is 2. The topological polar surface area (TPSA) is 189 Å². The van der Waals surface area contributed by atoms with E-state index in [2.05, 4.69) is 39.5 Å². The standard InChI is InChI=1S/C20H19N5O2.C17H18F3N5O2/c1-11(2)25(3)19-18(12-4-6-15-14(8-12)10-21-24-15)22-16-7-5-13(20(26)27)9-17(16)23-19;1-9(2)25(3)14-16(15(26)27,10-8-21-24-13(10)17(18,19)20)23-12-7-5-4-6-11(12)22-14/h4-11H,1-3H3,(H,21,24)(H,26,27);4-9,23H,1-3H3,(H,21,24)(H,26,27). The number of aromatic amines is 2. The first kappa shape index (κ1) is 37.2. The van der Waals surface area contributed by atoms with E-state index in [9.17, 15) is 33.0 Å². The quantitative estimate of drug-likeness (QED) is 0.114. The maximum atomic E-state index is 13.5. The van der Waals surface area contributed by atoms with Crippen LogP contribution in [0.1, 0.15) is 49.3 Å². The lowest BCUT2D eigenvalue weighted by molar-refractivity contribution is -0.144. The lowest BCUT2D eigenvalue weighted by Gasteiger charge is -2.41. The molecule has 0 fully saturated rings. The van der Waals surface area contributed by atoms with Gasteiger partial charge in [0.1, 0.15) is 17.2 Å². The monoisotopic (exact) mass is 742 g/mol. The van der Waals surface area contributed by atoms with Gasteiger partial charge in [0, 0.05) is 42.7 Å². The Balaban J connectivity index is 0.000000184. The molecule has 4 heterocycles. The number of amidine groups is 1. The molecule has 0 spiro atoms. The van der Waals surface area contributed by atoms with Gasteiger partial charge in [-0.15, -0.1) is 0 Å². The van der Waals surface area contributed by atoms with E-state index in [1.54, 1.807) is 69.6 Å². The Hall–Kier alpha value is -6.52. The number of hydrogen-bond donors (Lipinski definition) is 5. The first-order valence-corrected chi connectivity index (χ1v) is 16.8. The van der Waals surface area contributed by atoms with Crippen LogP contribution in [0.25, 0.3) is 33.2 Å². The van der Waals surface area contributed by atoms with Crippen LogP contribution in [0.5, 0.6) is 0 Å². The van der Waals surface area contributed by atoms with Gasteiger partial charge in [-0.25, -0.2) is 24.5 Å². The Morgan fingerprint density at radius 1 is 0.833 bits per heavy atom. The van der Waals surface area contributed by atoms with E-state index < -0.39 is 34.9 Å². The van der Waals surface area contributed by atoms with Crippen LogP contribution in [0.4, 0.5) is 30.4 Å². The number of carboxylic acid groups (broad SMARTS) is 2. The number of aliphatic imine (C=N–C) groups is 1. The summed E-state index contributed by atoms with van der Waals surface area (Å²) in [6.07, 6.45) is -2.16. The Morgan fingerprint density at radius 2 is 1.54 bits per heavy atom. The van der Waals surface area contributed by atoms with Crippen LogP contribution in [-0.2, 0) is 16.5 Å². The number of likely N-dealkylation sites (N-methyl/N-ethyl adjacent to an activating group) is 1. The zero-order valence-electron chi connectivity index (χ0n) is 30.1. The maximum absolute atomic E-state index is 13.5. The molecule has 0 amide bonds. The summed E-state index contributed by atoms with van der Waals surface area (Å²) in [5, 5.41) is 35.5. The van der Waals surface area contributed by atoms with Gasteiger partial charge in [0.05, 0.1) is 45.9 Å². The number of aliphatic carboxylic acids is 1. The van der Waals surface area contributed by atoms with Gasteiger partial charge in [-0.2, -0.15) is 23.4 Å². The van der Waals surface area contributed by atoms with Crippen molar-refractivity contribution in [2.75, 3.05) is 24.3 Å². The number of carboxylic acids is 2. The number of alkyl halides is 3. The predicted octanol–water partition coefficient (Wildman–Crippen LogP) is 6.92. The lowest BCUT2D eigenvalue weighted by Crippen LogP contribution is -2.58. The van der Waals surface area contributed by atoms with Crippen molar-refractivity contribution >= 4 is 56.9 Å². The molecular formula is C37H37F3N10O4. The molecule has 3 aromatic carbocycles. The number of anilines is 2. The fourth-order valence-corrected chi connectivity index (χ4v) is 5.91. The molecular weight excluding hydrogens is 705 g/mol. The zero-order chi connectivity index (χ0) is 39.1. The molecule has 17 heteroatoms. The molecule has 1 aliphatic rings. The van der Waals surface area contributed by atoms with Crippen LogP contribution in [0.15, 0.2) is 78.0 Å². The molecule has 7 rings (SSSR count). The minimum absolute atomic E-state index is 0.0596.